The molecule has 4 N–H and O–H groups in total. The van der Waals surface area contributed by atoms with Gasteiger partial charge >= 0.3 is 5.97 Å². The third-order valence-electron chi connectivity index (χ3n) is 9.08. The molecule has 8 nitrogen and oxygen atoms in total. The Labute approximate surface area is 201 Å². The number of ether oxygens (including phenoxy) is 3. The minimum Gasteiger partial charge on any atom is -0.458 e. The van der Waals surface area contributed by atoms with Crippen LogP contribution < -0.4 is 0 Å². The Hall–Kier alpha value is -1.29. The van der Waals surface area contributed by atoms with Gasteiger partial charge in [-0.2, -0.15) is 0 Å². The van der Waals surface area contributed by atoms with Gasteiger partial charge in [-0.25, -0.2) is 4.79 Å². The van der Waals surface area contributed by atoms with Crippen molar-refractivity contribution in [3.8, 4) is 0 Å². The zero-order chi connectivity index (χ0) is 24.7. The molecule has 0 spiro atoms. The van der Waals surface area contributed by atoms with Crippen LogP contribution in [0.4, 0.5) is 0 Å². The number of aliphatic hydroxyl groups is 4. The molecule has 192 valence electrons. The van der Waals surface area contributed by atoms with Crippen LogP contribution in [-0.4, -0.2) is 76.9 Å². The second kappa shape index (κ2) is 9.99. The second-order valence-electron chi connectivity index (χ2n) is 11.2. The number of hydrogen-bond acceptors (Lipinski definition) is 8. The topological polar surface area (TPSA) is 126 Å². The third-order valence-corrected chi connectivity index (χ3v) is 9.08. The van der Waals surface area contributed by atoms with Crippen molar-refractivity contribution in [3.63, 3.8) is 0 Å². The summed E-state index contributed by atoms with van der Waals surface area (Å²) < 4.78 is 16.7. The van der Waals surface area contributed by atoms with E-state index in [2.05, 4.69) is 20.4 Å². The van der Waals surface area contributed by atoms with E-state index in [4.69, 9.17) is 14.2 Å². The Balaban J connectivity index is 1.46. The fourth-order valence-corrected chi connectivity index (χ4v) is 7.17. The lowest BCUT2D eigenvalue weighted by Gasteiger charge is -2.59. The normalized spacial score (nSPS) is 45.0. The van der Waals surface area contributed by atoms with Gasteiger partial charge in [-0.1, -0.05) is 32.4 Å². The molecule has 0 bridgehead atoms. The van der Waals surface area contributed by atoms with Gasteiger partial charge in [-0.3, -0.25) is 0 Å². The SMILES string of the molecule is C=C1CC[C@@H]2[C@](C)(CO[C@@H]3O[C@H](CO)[C@@H](O)[C@H](O)[C@H]3O)CCC[C@@]2(C)C1CCC1=CCOC1=O. The maximum Gasteiger partial charge on any atom is 0.334 e. The van der Waals surface area contributed by atoms with Crippen LogP contribution in [0.3, 0.4) is 0 Å². The standard InChI is InChI=1S/C26H40O8/c1-15-5-8-19-25(2,14-33-24-22(30)21(29)20(28)18(13-27)34-24)10-4-11-26(19,3)17(15)7-6-16-9-12-32-23(16)31/h9,17-22,24,27-30H,1,4-8,10-14H2,2-3H3/t17?,18-,19-,20-,21+,22-,24-,25+,26+/m1/s1. The van der Waals surface area contributed by atoms with E-state index in [1.54, 1.807) is 0 Å². The van der Waals surface area contributed by atoms with Gasteiger partial charge in [0.1, 0.15) is 31.0 Å². The molecule has 0 radical (unpaired) electrons. The van der Waals surface area contributed by atoms with Gasteiger partial charge in [0.25, 0.3) is 0 Å². The number of esters is 1. The van der Waals surface area contributed by atoms with Gasteiger partial charge in [-0.05, 0) is 67.3 Å². The molecule has 2 saturated carbocycles. The number of fused-ring (bicyclic) bond motifs is 1. The summed E-state index contributed by atoms with van der Waals surface area (Å²) in [6.07, 6.45) is 2.15. The van der Waals surface area contributed by atoms with Crippen molar-refractivity contribution in [2.45, 2.75) is 89.5 Å². The molecule has 0 aromatic rings. The third kappa shape index (κ3) is 4.61. The number of allylic oxidation sites excluding steroid dienone is 1. The highest BCUT2D eigenvalue weighted by Crippen LogP contribution is 2.62. The molecule has 9 atom stereocenters. The van der Waals surface area contributed by atoms with Crippen LogP contribution in [-0.2, 0) is 19.0 Å². The molecule has 0 amide bonds. The molecule has 0 aromatic heterocycles. The minimum absolute atomic E-state index is 0.0180. The van der Waals surface area contributed by atoms with Crippen molar-refractivity contribution in [2.24, 2.45) is 22.7 Å². The minimum atomic E-state index is -1.45. The lowest BCUT2D eigenvalue weighted by atomic mass is 9.47. The van der Waals surface area contributed by atoms with E-state index in [1.807, 2.05) is 6.08 Å². The predicted octanol–water partition coefficient (Wildman–Crippen LogP) is 1.85. The molecular formula is C26H40O8. The van der Waals surface area contributed by atoms with Gasteiger partial charge in [-0.15, -0.1) is 0 Å². The highest BCUT2D eigenvalue weighted by molar-refractivity contribution is 5.90. The predicted molar refractivity (Wildman–Crippen MR) is 123 cm³/mol. The molecular weight excluding hydrogens is 440 g/mol. The zero-order valence-corrected chi connectivity index (χ0v) is 20.3. The fourth-order valence-electron chi connectivity index (χ4n) is 7.17. The molecule has 3 fully saturated rings. The first-order valence-electron chi connectivity index (χ1n) is 12.6. The summed E-state index contributed by atoms with van der Waals surface area (Å²) in [5, 5.41) is 40.0. The highest BCUT2D eigenvalue weighted by Gasteiger charge is 2.55. The van der Waals surface area contributed by atoms with E-state index in [0.29, 0.717) is 31.5 Å². The van der Waals surface area contributed by atoms with Crippen LogP contribution in [0.2, 0.25) is 0 Å². The van der Waals surface area contributed by atoms with Crippen molar-refractivity contribution >= 4 is 5.97 Å². The number of carbonyl (C=O) groups is 1. The number of cyclic esters (lactones) is 1. The van der Waals surface area contributed by atoms with Gasteiger partial charge in [0.2, 0.25) is 0 Å². The summed E-state index contributed by atoms with van der Waals surface area (Å²) in [6, 6.07) is 0. The molecule has 8 heteroatoms. The monoisotopic (exact) mass is 480 g/mol. The summed E-state index contributed by atoms with van der Waals surface area (Å²) in [5.41, 5.74) is 1.87. The van der Waals surface area contributed by atoms with Gasteiger partial charge in [0.15, 0.2) is 6.29 Å². The van der Waals surface area contributed by atoms with Crippen molar-refractivity contribution in [1.82, 2.24) is 0 Å². The van der Waals surface area contributed by atoms with Gasteiger partial charge < -0.3 is 34.6 Å². The van der Waals surface area contributed by atoms with Crippen LogP contribution >= 0.6 is 0 Å². The summed E-state index contributed by atoms with van der Waals surface area (Å²) in [4.78, 5) is 11.9. The van der Waals surface area contributed by atoms with Gasteiger partial charge in [0, 0.05) is 5.57 Å². The first-order chi connectivity index (χ1) is 16.1. The molecule has 0 aromatic carbocycles. The average Bonchev–Trinajstić information content (AvgIpc) is 3.21. The number of hydrogen-bond donors (Lipinski definition) is 4. The summed E-state index contributed by atoms with van der Waals surface area (Å²) >= 11 is 0. The Bertz CT molecular complexity index is 809. The quantitative estimate of drug-likeness (QED) is 0.321. The number of aliphatic hydroxyl groups excluding tert-OH is 4. The Morgan fingerprint density at radius 1 is 1.18 bits per heavy atom. The van der Waals surface area contributed by atoms with Crippen LogP contribution in [0.1, 0.15) is 58.8 Å². The van der Waals surface area contributed by atoms with Crippen molar-refractivity contribution in [2.75, 3.05) is 19.8 Å². The van der Waals surface area contributed by atoms with E-state index < -0.39 is 37.3 Å². The van der Waals surface area contributed by atoms with E-state index in [-0.39, 0.29) is 16.8 Å². The summed E-state index contributed by atoms with van der Waals surface area (Å²) in [5.74, 6) is 0.454. The van der Waals surface area contributed by atoms with Crippen LogP contribution in [0.25, 0.3) is 0 Å². The molecule has 1 saturated heterocycles. The van der Waals surface area contributed by atoms with Crippen molar-refractivity contribution < 1.29 is 39.4 Å². The molecule has 2 aliphatic heterocycles. The van der Waals surface area contributed by atoms with E-state index in [0.717, 1.165) is 44.1 Å². The largest absolute Gasteiger partial charge is 0.458 e. The van der Waals surface area contributed by atoms with E-state index in [9.17, 15) is 25.2 Å². The Morgan fingerprint density at radius 3 is 2.62 bits per heavy atom. The fraction of sp³-hybridized carbons (Fsp3) is 0.808. The molecule has 4 aliphatic rings. The first kappa shape index (κ1) is 25.8. The Morgan fingerprint density at radius 2 is 1.94 bits per heavy atom. The smallest absolute Gasteiger partial charge is 0.334 e. The molecule has 4 rings (SSSR count). The maximum atomic E-state index is 11.9. The highest BCUT2D eigenvalue weighted by atomic mass is 16.7. The van der Waals surface area contributed by atoms with Crippen molar-refractivity contribution in [1.29, 1.82) is 0 Å². The summed E-state index contributed by atoms with van der Waals surface area (Å²) in [7, 11) is 0. The summed E-state index contributed by atoms with van der Waals surface area (Å²) in [6.45, 7) is 9.21. The van der Waals surface area contributed by atoms with Crippen LogP contribution in [0.5, 0.6) is 0 Å². The van der Waals surface area contributed by atoms with Gasteiger partial charge in [0.05, 0.1) is 13.2 Å². The first-order valence-corrected chi connectivity index (χ1v) is 12.6. The molecule has 34 heavy (non-hydrogen) atoms. The number of carbonyl (C=O) groups excluding carboxylic acids is 1. The lowest BCUT2D eigenvalue weighted by Crippen LogP contribution is -2.60. The lowest BCUT2D eigenvalue weighted by molar-refractivity contribution is -0.309. The average molecular weight is 481 g/mol. The number of rotatable bonds is 7. The van der Waals surface area contributed by atoms with Crippen LogP contribution in [0.15, 0.2) is 23.8 Å². The van der Waals surface area contributed by atoms with Crippen molar-refractivity contribution in [3.05, 3.63) is 23.8 Å². The Kier molecular flexibility index (Phi) is 7.58. The van der Waals surface area contributed by atoms with E-state index >= 15 is 0 Å². The maximum absolute atomic E-state index is 11.9. The second-order valence-corrected chi connectivity index (χ2v) is 11.2. The zero-order valence-electron chi connectivity index (χ0n) is 20.3. The molecule has 1 unspecified atom stereocenters. The van der Waals surface area contributed by atoms with Crippen LogP contribution in [0, 0.1) is 22.7 Å². The molecule has 2 heterocycles. The molecule has 2 aliphatic carbocycles. The van der Waals surface area contributed by atoms with E-state index in [1.165, 1.54) is 5.57 Å².